The van der Waals surface area contributed by atoms with Gasteiger partial charge in [0.2, 0.25) is 21.8 Å². The van der Waals surface area contributed by atoms with Crippen LogP contribution >= 0.6 is 0 Å². The number of nitrogens with zero attached hydrogens (tertiary/aromatic N) is 4. The van der Waals surface area contributed by atoms with Gasteiger partial charge in [-0.05, 0) is 35.2 Å². The number of nitro groups is 1. The third-order valence-electron chi connectivity index (χ3n) is 4.58. The first-order chi connectivity index (χ1) is 14.0. The van der Waals surface area contributed by atoms with Crippen molar-refractivity contribution in [3.63, 3.8) is 0 Å². The lowest BCUT2D eigenvalue weighted by molar-refractivity contribution is -0.384. The number of non-ortho nitro benzene ring substituents is 1. The number of aromatic nitrogens is 2. The number of benzene rings is 2. The van der Waals surface area contributed by atoms with Gasteiger partial charge in [-0.1, -0.05) is 32.9 Å². The number of nitro benzene ring substituents is 1. The average Bonchev–Trinajstić information content (AvgIpc) is 3.16. The lowest BCUT2D eigenvalue weighted by Gasteiger charge is -2.18. The first-order valence-electron chi connectivity index (χ1n) is 9.12. The fraction of sp³-hybridized carbons (Fsp3) is 0.300. The summed E-state index contributed by atoms with van der Waals surface area (Å²) in [7, 11) is -2.50. The van der Waals surface area contributed by atoms with E-state index in [0.29, 0.717) is 5.89 Å². The van der Waals surface area contributed by atoms with Gasteiger partial charge >= 0.3 is 0 Å². The molecule has 30 heavy (non-hydrogen) atoms. The van der Waals surface area contributed by atoms with Crippen molar-refractivity contribution in [3.05, 3.63) is 70.1 Å². The fourth-order valence-electron chi connectivity index (χ4n) is 2.74. The molecule has 0 aliphatic carbocycles. The molecule has 0 N–H and O–H groups in total. The summed E-state index contributed by atoms with van der Waals surface area (Å²) in [6.45, 7) is 6.22. The molecule has 1 heterocycles. The highest BCUT2D eigenvalue weighted by Gasteiger charge is 2.24. The predicted molar refractivity (Wildman–Crippen MR) is 110 cm³/mol. The SMILES string of the molecule is CN(Cc1nnc(-c2ccc(C(C)(C)C)cc2)o1)S(=O)(=O)c1ccc([N+](=O)[O-])cc1. The van der Waals surface area contributed by atoms with Crippen molar-refractivity contribution in [2.45, 2.75) is 37.6 Å². The molecule has 158 valence electrons. The highest BCUT2D eigenvalue weighted by Crippen LogP contribution is 2.26. The van der Waals surface area contributed by atoms with E-state index in [1.54, 1.807) is 0 Å². The minimum absolute atomic E-state index is 0.0213. The maximum Gasteiger partial charge on any atom is 0.269 e. The molecule has 0 unspecified atom stereocenters. The summed E-state index contributed by atoms with van der Waals surface area (Å²) in [5, 5.41) is 18.7. The van der Waals surface area contributed by atoms with Gasteiger partial charge in [0.15, 0.2) is 0 Å². The van der Waals surface area contributed by atoms with Crippen molar-refractivity contribution in [2.24, 2.45) is 0 Å². The Labute approximate surface area is 174 Å². The second-order valence-electron chi connectivity index (χ2n) is 7.84. The molecule has 0 amide bonds. The molecule has 0 radical (unpaired) electrons. The Hall–Kier alpha value is -3.11. The van der Waals surface area contributed by atoms with E-state index in [9.17, 15) is 18.5 Å². The largest absolute Gasteiger partial charge is 0.419 e. The van der Waals surface area contributed by atoms with Gasteiger partial charge in [-0.15, -0.1) is 10.2 Å². The van der Waals surface area contributed by atoms with Crippen molar-refractivity contribution in [1.29, 1.82) is 0 Å². The minimum Gasteiger partial charge on any atom is -0.419 e. The second kappa shape index (κ2) is 7.96. The van der Waals surface area contributed by atoms with Crippen molar-refractivity contribution >= 4 is 15.7 Å². The van der Waals surface area contributed by atoms with Crippen LogP contribution in [0.1, 0.15) is 32.2 Å². The summed E-state index contributed by atoms with van der Waals surface area (Å²) in [4.78, 5) is 10.1. The number of hydrogen-bond donors (Lipinski definition) is 0. The Bertz CT molecular complexity index is 1150. The fourth-order valence-corrected chi connectivity index (χ4v) is 3.86. The maximum atomic E-state index is 12.7. The van der Waals surface area contributed by atoms with Crippen LogP contribution in [0.15, 0.2) is 57.8 Å². The van der Waals surface area contributed by atoms with Crippen LogP contribution in [-0.2, 0) is 22.0 Å². The lowest BCUT2D eigenvalue weighted by Crippen LogP contribution is -2.26. The van der Waals surface area contributed by atoms with E-state index in [1.807, 2.05) is 24.3 Å². The molecule has 2 aromatic carbocycles. The minimum atomic E-state index is -3.87. The molecule has 1 aromatic heterocycles. The first kappa shape index (κ1) is 21.6. The highest BCUT2D eigenvalue weighted by atomic mass is 32.2. The van der Waals surface area contributed by atoms with Crippen LogP contribution in [-0.4, -0.2) is 34.9 Å². The maximum absolute atomic E-state index is 12.7. The summed E-state index contributed by atoms with van der Waals surface area (Å²) in [6.07, 6.45) is 0. The number of rotatable bonds is 6. The van der Waals surface area contributed by atoms with Crippen LogP contribution in [0.2, 0.25) is 0 Å². The molecule has 0 aliphatic heterocycles. The molecule has 10 heteroatoms. The summed E-state index contributed by atoms with van der Waals surface area (Å²) >= 11 is 0. The van der Waals surface area contributed by atoms with Gasteiger partial charge < -0.3 is 4.42 Å². The average molecular weight is 430 g/mol. The molecular weight excluding hydrogens is 408 g/mol. The standard InChI is InChI=1S/C20H22N4O5S/c1-20(2,3)15-7-5-14(6-8-15)19-22-21-18(29-19)13-23(4)30(27,28)17-11-9-16(10-12-17)24(25)26/h5-12H,13H2,1-4H3. The summed E-state index contributed by atoms with van der Waals surface area (Å²) in [5.41, 5.74) is 1.74. The van der Waals surface area contributed by atoms with Gasteiger partial charge in [0.1, 0.15) is 0 Å². The van der Waals surface area contributed by atoms with Gasteiger partial charge in [-0.2, -0.15) is 4.31 Å². The predicted octanol–water partition coefficient (Wildman–Crippen LogP) is 3.76. The lowest BCUT2D eigenvalue weighted by atomic mass is 9.87. The molecule has 0 bridgehead atoms. The van der Waals surface area contributed by atoms with Crippen molar-refractivity contribution in [2.75, 3.05) is 7.05 Å². The zero-order chi connectivity index (χ0) is 22.1. The Morgan fingerprint density at radius 2 is 1.63 bits per heavy atom. The topological polar surface area (TPSA) is 119 Å². The van der Waals surface area contributed by atoms with Crippen LogP contribution < -0.4 is 0 Å². The zero-order valence-electron chi connectivity index (χ0n) is 17.1. The third-order valence-corrected chi connectivity index (χ3v) is 6.40. The summed E-state index contributed by atoms with van der Waals surface area (Å²) < 4.78 is 32.1. The van der Waals surface area contributed by atoms with Crippen molar-refractivity contribution in [1.82, 2.24) is 14.5 Å². The van der Waals surface area contributed by atoms with Gasteiger partial charge in [0.25, 0.3) is 5.69 Å². The quantitative estimate of drug-likeness (QED) is 0.431. The molecule has 0 saturated heterocycles. The normalized spacial score (nSPS) is 12.3. The first-order valence-corrected chi connectivity index (χ1v) is 10.6. The second-order valence-corrected chi connectivity index (χ2v) is 9.89. The molecule has 0 fully saturated rings. The van der Waals surface area contributed by atoms with E-state index in [4.69, 9.17) is 4.42 Å². The van der Waals surface area contributed by atoms with Crippen LogP contribution in [0.25, 0.3) is 11.5 Å². The molecule has 9 nitrogen and oxygen atoms in total. The van der Waals surface area contributed by atoms with E-state index in [-0.39, 0.29) is 28.4 Å². The number of hydrogen-bond acceptors (Lipinski definition) is 7. The van der Waals surface area contributed by atoms with Crippen LogP contribution in [0.4, 0.5) is 5.69 Å². The Kier molecular flexibility index (Phi) is 5.73. The Morgan fingerprint density at radius 1 is 1.03 bits per heavy atom. The van der Waals surface area contributed by atoms with Gasteiger partial charge in [0, 0.05) is 24.7 Å². The van der Waals surface area contributed by atoms with E-state index >= 15 is 0 Å². The molecule has 0 atom stereocenters. The molecule has 3 rings (SSSR count). The van der Waals surface area contributed by atoms with Gasteiger partial charge in [-0.3, -0.25) is 10.1 Å². The Morgan fingerprint density at radius 3 is 2.17 bits per heavy atom. The monoisotopic (exact) mass is 430 g/mol. The van der Waals surface area contributed by atoms with Crippen LogP contribution in [0.5, 0.6) is 0 Å². The van der Waals surface area contributed by atoms with Crippen molar-refractivity contribution < 1.29 is 17.8 Å². The summed E-state index contributed by atoms with van der Waals surface area (Å²) in [5.74, 6) is 0.435. The number of sulfonamides is 1. The highest BCUT2D eigenvalue weighted by molar-refractivity contribution is 7.89. The molecule has 0 spiro atoms. The van der Waals surface area contributed by atoms with Gasteiger partial charge in [0.05, 0.1) is 16.4 Å². The molecular formula is C20H22N4O5S. The molecule has 0 saturated carbocycles. The zero-order valence-corrected chi connectivity index (χ0v) is 17.9. The smallest absolute Gasteiger partial charge is 0.269 e. The molecule has 0 aliphatic rings. The third kappa shape index (κ3) is 4.55. The Balaban J connectivity index is 1.75. The van der Waals surface area contributed by atoms with Crippen molar-refractivity contribution in [3.8, 4) is 11.5 Å². The van der Waals surface area contributed by atoms with Crippen LogP contribution in [0, 0.1) is 10.1 Å². The van der Waals surface area contributed by atoms with E-state index < -0.39 is 14.9 Å². The molecule has 3 aromatic rings. The van der Waals surface area contributed by atoms with Gasteiger partial charge in [-0.25, -0.2) is 8.42 Å². The summed E-state index contributed by atoms with van der Waals surface area (Å²) in [6, 6.07) is 12.4. The van der Waals surface area contributed by atoms with E-state index in [1.165, 1.54) is 24.7 Å². The van der Waals surface area contributed by atoms with Crippen LogP contribution in [0.3, 0.4) is 0 Å². The van der Waals surface area contributed by atoms with E-state index in [2.05, 4.69) is 31.0 Å². The van der Waals surface area contributed by atoms with E-state index in [0.717, 1.165) is 22.0 Å².